The summed E-state index contributed by atoms with van der Waals surface area (Å²) in [5, 5.41) is 0. The van der Waals surface area contributed by atoms with E-state index < -0.39 is 0 Å². The maximum absolute atomic E-state index is 12.6. The summed E-state index contributed by atoms with van der Waals surface area (Å²) in [6.45, 7) is 12.9. The SMILES string of the molecule is CCCOc1ccc(C(=O)C=Cc2cc(OC(C)C)c(CCC)c(OC(C)C)c2)cc1. The lowest BCUT2D eigenvalue weighted by atomic mass is 10.0. The Labute approximate surface area is 187 Å². The average molecular weight is 425 g/mol. The van der Waals surface area contributed by atoms with Crippen LogP contribution in [0.4, 0.5) is 0 Å². The minimum Gasteiger partial charge on any atom is -0.494 e. The molecule has 2 rings (SSSR count). The van der Waals surface area contributed by atoms with Crippen LogP contribution in [0.25, 0.3) is 6.08 Å². The van der Waals surface area contributed by atoms with Crippen molar-refractivity contribution in [3.63, 3.8) is 0 Å². The molecule has 0 amide bonds. The molecular weight excluding hydrogens is 388 g/mol. The summed E-state index contributed by atoms with van der Waals surface area (Å²) in [6.07, 6.45) is 6.34. The lowest BCUT2D eigenvalue weighted by Crippen LogP contribution is -2.12. The minimum atomic E-state index is -0.0580. The molecule has 31 heavy (non-hydrogen) atoms. The molecule has 0 radical (unpaired) electrons. The Kier molecular flexibility index (Phi) is 9.64. The summed E-state index contributed by atoms with van der Waals surface area (Å²) in [5.41, 5.74) is 2.58. The van der Waals surface area contributed by atoms with E-state index in [1.165, 1.54) is 0 Å². The van der Waals surface area contributed by atoms with Gasteiger partial charge in [0.15, 0.2) is 5.78 Å². The van der Waals surface area contributed by atoms with Crippen LogP contribution in [0, 0.1) is 0 Å². The fraction of sp³-hybridized carbons (Fsp3) is 0.444. The number of ketones is 1. The monoisotopic (exact) mass is 424 g/mol. The molecule has 0 fully saturated rings. The predicted octanol–water partition coefficient (Wildman–Crippen LogP) is 6.90. The van der Waals surface area contributed by atoms with Crippen molar-refractivity contribution < 1.29 is 19.0 Å². The van der Waals surface area contributed by atoms with Crippen LogP contribution in [0.2, 0.25) is 0 Å². The van der Waals surface area contributed by atoms with E-state index in [-0.39, 0.29) is 18.0 Å². The topological polar surface area (TPSA) is 44.8 Å². The first-order valence-corrected chi connectivity index (χ1v) is 11.3. The quantitative estimate of drug-likeness (QED) is 0.275. The van der Waals surface area contributed by atoms with Crippen LogP contribution in [0.15, 0.2) is 42.5 Å². The molecule has 0 aliphatic heterocycles. The van der Waals surface area contributed by atoms with Gasteiger partial charge in [0.25, 0.3) is 0 Å². The Morgan fingerprint density at radius 3 is 1.97 bits per heavy atom. The molecular formula is C27H36O4. The molecule has 0 saturated carbocycles. The summed E-state index contributed by atoms with van der Waals surface area (Å²) < 4.78 is 17.8. The summed E-state index contributed by atoms with van der Waals surface area (Å²) in [7, 11) is 0. The molecule has 0 atom stereocenters. The Balaban J connectivity index is 2.29. The van der Waals surface area contributed by atoms with Crippen LogP contribution in [-0.4, -0.2) is 24.6 Å². The second-order valence-electron chi connectivity index (χ2n) is 8.15. The van der Waals surface area contributed by atoms with Crippen LogP contribution in [0.3, 0.4) is 0 Å². The molecule has 0 spiro atoms. The zero-order valence-electron chi connectivity index (χ0n) is 19.7. The van der Waals surface area contributed by atoms with Crippen molar-refractivity contribution in [2.45, 2.75) is 73.0 Å². The number of carbonyl (C=O) groups is 1. The number of rotatable bonds is 12. The third kappa shape index (κ3) is 7.78. The van der Waals surface area contributed by atoms with Crippen LogP contribution in [0.1, 0.15) is 75.9 Å². The molecule has 4 heteroatoms. The van der Waals surface area contributed by atoms with E-state index in [0.29, 0.717) is 12.2 Å². The van der Waals surface area contributed by atoms with Gasteiger partial charge in [0.05, 0.1) is 18.8 Å². The van der Waals surface area contributed by atoms with Crippen LogP contribution in [0.5, 0.6) is 17.2 Å². The highest BCUT2D eigenvalue weighted by Gasteiger charge is 2.15. The normalized spacial score (nSPS) is 11.4. The lowest BCUT2D eigenvalue weighted by molar-refractivity contribution is 0.104. The summed E-state index contributed by atoms with van der Waals surface area (Å²) in [5.74, 6) is 2.36. The Bertz CT molecular complexity index is 832. The van der Waals surface area contributed by atoms with Gasteiger partial charge in [0.1, 0.15) is 17.2 Å². The van der Waals surface area contributed by atoms with Crippen molar-refractivity contribution >= 4 is 11.9 Å². The van der Waals surface area contributed by atoms with Crippen molar-refractivity contribution in [2.24, 2.45) is 0 Å². The van der Waals surface area contributed by atoms with Crippen LogP contribution in [-0.2, 0) is 6.42 Å². The van der Waals surface area contributed by atoms with Crippen molar-refractivity contribution in [1.82, 2.24) is 0 Å². The van der Waals surface area contributed by atoms with E-state index in [1.54, 1.807) is 18.2 Å². The summed E-state index contributed by atoms with van der Waals surface area (Å²) >= 11 is 0. The molecule has 2 aromatic rings. The van der Waals surface area contributed by atoms with Gasteiger partial charge in [0.2, 0.25) is 0 Å². The fourth-order valence-corrected chi connectivity index (χ4v) is 3.15. The zero-order valence-corrected chi connectivity index (χ0v) is 19.7. The molecule has 0 aliphatic rings. The van der Waals surface area contributed by atoms with E-state index in [0.717, 1.165) is 47.6 Å². The molecule has 0 heterocycles. The number of allylic oxidation sites excluding steroid dienone is 1. The third-order valence-electron chi connectivity index (χ3n) is 4.45. The van der Waals surface area contributed by atoms with Crippen molar-refractivity contribution in [1.29, 1.82) is 0 Å². The first kappa shape index (κ1) is 24.5. The Hall–Kier alpha value is -2.75. The van der Waals surface area contributed by atoms with Crippen LogP contribution >= 0.6 is 0 Å². The van der Waals surface area contributed by atoms with Gasteiger partial charge in [-0.3, -0.25) is 4.79 Å². The highest BCUT2D eigenvalue weighted by Crippen LogP contribution is 2.34. The molecule has 4 nitrogen and oxygen atoms in total. The molecule has 0 bridgehead atoms. The number of hydrogen-bond acceptors (Lipinski definition) is 4. The molecule has 0 unspecified atom stereocenters. The van der Waals surface area contributed by atoms with Gasteiger partial charge in [-0.15, -0.1) is 0 Å². The number of benzene rings is 2. The predicted molar refractivity (Wildman–Crippen MR) is 128 cm³/mol. The van der Waals surface area contributed by atoms with E-state index in [9.17, 15) is 4.79 Å². The highest BCUT2D eigenvalue weighted by molar-refractivity contribution is 6.06. The van der Waals surface area contributed by atoms with Crippen LogP contribution < -0.4 is 14.2 Å². The van der Waals surface area contributed by atoms with Gasteiger partial charge in [-0.2, -0.15) is 0 Å². The van der Waals surface area contributed by atoms with Crippen molar-refractivity contribution in [2.75, 3.05) is 6.61 Å². The largest absolute Gasteiger partial charge is 0.494 e. The van der Waals surface area contributed by atoms with Gasteiger partial charge in [0, 0.05) is 11.1 Å². The van der Waals surface area contributed by atoms with Gasteiger partial charge < -0.3 is 14.2 Å². The minimum absolute atomic E-state index is 0.0526. The maximum atomic E-state index is 12.6. The fourth-order valence-electron chi connectivity index (χ4n) is 3.15. The highest BCUT2D eigenvalue weighted by atomic mass is 16.5. The Morgan fingerprint density at radius 1 is 0.903 bits per heavy atom. The molecule has 168 valence electrons. The number of hydrogen-bond donors (Lipinski definition) is 0. The van der Waals surface area contributed by atoms with Gasteiger partial charge in [-0.25, -0.2) is 0 Å². The smallest absolute Gasteiger partial charge is 0.185 e. The van der Waals surface area contributed by atoms with E-state index >= 15 is 0 Å². The maximum Gasteiger partial charge on any atom is 0.185 e. The third-order valence-corrected chi connectivity index (χ3v) is 4.45. The molecule has 0 N–H and O–H groups in total. The number of carbonyl (C=O) groups excluding carboxylic acids is 1. The standard InChI is InChI=1S/C27H36O4/c1-7-9-24-26(30-19(3)4)17-21(18-27(24)31-20(5)6)10-15-25(28)22-11-13-23(14-12-22)29-16-8-2/h10-15,17-20H,7-9,16H2,1-6H3. The Morgan fingerprint density at radius 2 is 1.48 bits per heavy atom. The van der Waals surface area contributed by atoms with Gasteiger partial charge in [-0.1, -0.05) is 26.3 Å². The lowest BCUT2D eigenvalue weighted by Gasteiger charge is -2.20. The first-order valence-electron chi connectivity index (χ1n) is 11.3. The second-order valence-corrected chi connectivity index (χ2v) is 8.15. The second kappa shape index (κ2) is 12.2. The molecule has 0 saturated heterocycles. The molecule has 0 aromatic heterocycles. The van der Waals surface area contributed by atoms with Gasteiger partial charge in [-0.05, 0) is 88.6 Å². The van der Waals surface area contributed by atoms with Crippen molar-refractivity contribution in [3.8, 4) is 17.2 Å². The van der Waals surface area contributed by atoms with E-state index in [2.05, 4.69) is 13.8 Å². The van der Waals surface area contributed by atoms with E-state index in [4.69, 9.17) is 14.2 Å². The average Bonchev–Trinajstić information content (AvgIpc) is 2.72. The molecule has 0 aliphatic carbocycles. The summed E-state index contributed by atoms with van der Waals surface area (Å²) in [4.78, 5) is 12.6. The van der Waals surface area contributed by atoms with E-state index in [1.807, 2.05) is 58.0 Å². The summed E-state index contributed by atoms with van der Waals surface area (Å²) in [6, 6.07) is 11.2. The zero-order chi connectivity index (χ0) is 22.8. The molecule has 2 aromatic carbocycles. The van der Waals surface area contributed by atoms with Gasteiger partial charge >= 0.3 is 0 Å². The number of ether oxygens (including phenoxy) is 3. The first-order chi connectivity index (χ1) is 14.8. The van der Waals surface area contributed by atoms with Crippen molar-refractivity contribution in [3.05, 3.63) is 59.2 Å².